The van der Waals surface area contributed by atoms with E-state index < -0.39 is 0 Å². The lowest BCUT2D eigenvalue weighted by Gasteiger charge is -2.15. The molecule has 1 atom stereocenters. The van der Waals surface area contributed by atoms with E-state index in [1.807, 2.05) is 30.3 Å². The van der Waals surface area contributed by atoms with Gasteiger partial charge in [-0.25, -0.2) is 9.78 Å². The quantitative estimate of drug-likeness (QED) is 0.790. The molecule has 22 heavy (non-hydrogen) atoms. The number of hydrogen-bond acceptors (Lipinski definition) is 3. The number of urea groups is 1. The predicted molar refractivity (Wildman–Crippen MR) is 87.9 cm³/mol. The highest BCUT2D eigenvalue weighted by atomic mass is 16.2. The second-order valence-corrected chi connectivity index (χ2v) is 5.58. The maximum Gasteiger partial charge on any atom is 0.319 e. The maximum absolute atomic E-state index is 11.6. The first-order valence-electron chi connectivity index (χ1n) is 7.56. The molecule has 5 nitrogen and oxygen atoms in total. The fraction of sp³-hybridized carbons (Fsp3) is 0.294. The summed E-state index contributed by atoms with van der Waals surface area (Å²) in [5, 5.41) is 9.00. The molecule has 1 unspecified atom stereocenters. The number of amides is 2. The maximum atomic E-state index is 11.6. The van der Waals surface area contributed by atoms with E-state index in [9.17, 15) is 4.79 Å². The van der Waals surface area contributed by atoms with Crippen molar-refractivity contribution in [2.24, 2.45) is 0 Å². The Morgan fingerprint density at radius 1 is 1.18 bits per heavy atom. The molecule has 3 N–H and O–H groups in total. The number of pyridine rings is 1. The lowest BCUT2D eigenvalue weighted by molar-refractivity contribution is 0.251. The largest absolute Gasteiger partial charge is 0.364 e. The minimum atomic E-state index is -0.164. The number of rotatable bonds is 5. The van der Waals surface area contributed by atoms with Gasteiger partial charge < -0.3 is 16.0 Å². The minimum Gasteiger partial charge on any atom is -0.364 e. The van der Waals surface area contributed by atoms with Crippen LogP contribution in [0.25, 0.3) is 0 Å². The first-order valence-corrected chi connectivity index (χ1v) is 7.56. The van der Waals surface area contributed by atoms with E-state index in [1.165, 1.54) is 5.56 Å². The SMILES string of the molecule is CC(Nc1ccc(NC(=O)NC2CC2)cn1)c1ccccc1. The van der Waals surface area contributed by atoms with Gasteiger partial charge in [-0.3, -0.25) is 0 Å². The molecule has 0 radical (unpaired) electrons. The number of carbonyl (C=O) groups is 1. The fourth-order valence-electron chi connectivity index (χ4n) is 2.18. The van der Waals surface area contributed by atoms with Crippen molar-refractivity contribution in [2.45, 2.75) is 31.8 Å². The van der Waals surface area contributed by atoms with Gasteiger partial charge in [0.1, 0.15) is 5.82 Å². The Bertz CT molecular complexity index is 623. The summed E-state index contributed by atoms with van der Waals surface area (Å²) in [4.78, 5) is 16.0. The molecule has 1 aliphatic rings. The van der Waals surface area contributed by atoms with Crippen LogP contribution in [0, 0.1) is 0 Å². The molecular formula is C17H20N4O. The monoisotopic (exact) mass is 296 g/mol. The van der Waals surface area contributed by atoms with Crippen molar-refractivity contribution >= 4 is 17.5 Å². The zero-order valence-electron chi connectivity index (χ0n) is 12.5. The van der Waals surface area contributed by atoms with Crippen LogP contribution in [0.15, 0.2) is 48.7 Å². The first-order chi connectivity index (χ1) is 10.7. The average molecular weight is 296 g/mol. The van der Waals surface area contributed by atoms with Crippen molar-refractivity contribution in [3.05, 3.63) is 54.2 Å². The van der Waals surface area contributed by atoms with Crippen LogP contribution in [0.3, 0.4) is 0 Å². The summed E-state index contributed by atoms with van der Waals surface area (Å²) in [7, 11) is 0. The van der Waals surface area contributed by atoms with Crippen molar-refractivity contribution in [3.8, 4) is 0 Å². The fourth-order valence-corrected chi connectivity index (χ4v) is 2.18. The van der Waals surface area contributed by atoms with Gasteiger partial charge in [0.25, 0.3) is 0 Å². The molecule has 2 aromatic rings. The molecule has 0 aliphatic heterocycles. The Kier molecular flexibility index (Phi) is 4.23. The highest BCUT2D eigenvalue weighted by molar-refractivity contribution is 5.89. The molecule has 1 aliphatic carbocycles. The molecule has 1 aromatic heterocycles. The van der Waals surface area contributed by atoms with E-state index in [4.69, 9.17) is 0 Å². The predicted octanol–water partition coefficient (Wildman–Crippen LogP) is 3.54. The van der Waals surface area contributed by atoms with Gasteiger partial charge in [-0.2, -0.15) is 0 Å². The number of nitrogens with one attached hydrogen (secondary N) is 3. The van der Waals surface area contributed by atoms with E-state index in [1.54, 1.807) is 6.20 Å². The zero-order valence-corrected chi connectivity index (χ0v) is 12.5. The van der Waals surface area contributed by atoms with Crippen molar-refractivity contribution < 1.29 is 4.79 Å². The van der Waals surface area contributed by atoms with Crippen LogP contribution in [0.4, 0.5) is 16.3 Å². The van der Waals surface area contributed by atoms with Crippen molar-refractivity contribution in [3.63, 3.8) is 0 Å². The van der Waals surface area contributed by atoms with E-state index >= 15 is 0 Å². The number of anilines is 2. The first kappa shape index (κ1) is 14.4. The van der Waals surface area contributed by atoms with Gasteiger partial charge in [0.15, 0.2) is 0 Å². The molecule has 3 rings (SSSR count). The smallest absolute Gasteiger partial charge is 0.319 e. The van der Waals surface area contributed by atoms with E-state index in [0.717, 1.165) is 18.7 Å². The third-order valence-corrected chi connectivity index (χ3v) is 3.60. The average Bonchev–Trinajstić information content (AvgIpc) is 3.34. The molecule has 2 amide bonds. The van der Waals surface area contributed by atoms with Gasteiger partial charge in [0.05, 0.1) is 11.9 Å². The van der Waals surface area contributed by atoms with Crippen LogP contribution in [-0.4, -0.2) is 17.1 Å². The molecule has 1 aromatic carbocycles. The molecule has 5 heteroatoms. The highest BCUT2D eigenvalue weighted by Gasteiger charge is 2.23. The Balaban J connectivity index is 1.55. The number of aromatic nitrogens is 1. The lowest BCUT2D eigenvalue weighted by atomic mass is 10.1. The van der Waals surface area contributed by atoms with Crippen molar-refractivity contribution in [1.82, 2.24) is 10.3 Å². The van der Waals surface area contributed by atoms with Crippen LogP contribution in [0.5, 0.6) is 0 Å². The summed E-state index contributed by atoms with van der Waals surface area (Å²) in [6, 6.07) is 14.3. The Morgan fingerprint density at radius 3 is 2.59 bits per heavy atom. The molecule has 1 fully saturated rings. The van der Waals surface area contributed by atoms with Crippen LogP contribution in [0.1, 0.15) is 31.4 Å². The third-order valence-electron chi connectivity index (χ3n) is 3.60. The van der Waals surface area contributed by atoms with E-state index in [0.29, 0.717) is 11.7 Å². The van der Waals surface area contributed by atoms with Crippen LogP contribution in [-0.2, 0) is 0 Å². The zero-order chi connectivity index (χ0) is 15.4. The van der Waals surface area contributed by atoms with Crippen molar-refractivity contribution in [2.75, 3.05) is 10.6 Å². The summed E-state index contributed by atoms with van der Waals surface area (Å²) in [5.41, 5.74) is 1.89. The minimum absolute atomic E-state index is 0.164. The second kappa shape index (κ2) is 6.47. The summed E-state index contributed by atoms with van der Waals surface area (Å²) in [6.07, 6.45) is 3.81. The number of hydrogen-bond donors (Lipinski definition) is 3. The van der Waals surface area contributed by atoms with E-state index in [2.05, 4.69) is 40.0 Å². The molecule has 1 saturated carbocycles. The molecule has 0 bridgehead atoms. The molecular weight excluding hydrogens is 276 g/mol. The van der Waals surface area contributed by atoms with Crippen LogP contribution >= 0.6 is 0 Å². The Morgan fingerprint density at radius 2 is 1.95 bits per heavy atom. The summed E-state index contributed by atoms with van der Waals surface area (Å²) in [5.74, 6) is 0.782. The summed E-state index contributed by atoms with van der Waals surface area (Å²) in [6.45, 7) is 2.09. The summed E-state index contributed by atoms with van der Waals surface area (Å²) >= 11 is 0. The van der Waals surface area contributed by atoms with Gasteiger partial charge in [-0.05, 0) is 37.5 Å². The summed E-state index contributed by atoms with van der Waals surface area (Å²) < 4.78 is 0. The second-order valence-electron chi connectivity index (χ2n) is 5.58. The van der Waals surface area contributed by atoms with Crippen LogP contribution < -0.4 is 16.0 Å². The third kappa shape index (κ3) is 3.97. The Hall–Kier alpha value is -2.56. The van der Waals surface area contributed by atoms with Gasteiger partial charge in [-0.1, -0.05) is 30.3 Å². The normalized spacial score (nSPS) is 15.0. The molecule has 0 saturated heterocycles. The number of benzene rings is 1. The van der Waals surface area contributed by atoms with Crippen molar-refractivity contribution in [1.29, 1.82) is 0 Å². The van der Waals surface area contributed by atoms with Gasteiger partial charge >= 0.3 is 6.03 Å². The Labute approximate surface area is 130 Å². The van der Waals surface area contributed by atoms with Gasteiger partial charge in [0.2, 0.25) is 0 Å². The van der Waals surface area contributed by atoms with E-state index in [-0.39, 0.29) is 12.1 Å². The topological polar surface area (TPSA) is 66.0 Å². The lowest BCUT2D eigenvalue weighted by Crippen LogP contribution is -2.30. The van der Waals surface area contributed by atoms with Gasteiger partial charge in [0, 0.05) is 12.1 Å². The molecule has 1 heterocycles. The molecule has 114 valence electrons. The standard InChI is InChI=1S/C17H20N4O/c1-12(13-5-3-2-4-6-13)19-16-10-9-15(11-18-16)21-17(22)20-14-7-8-14/h2-6,9-12,14H,7-8H2,1H3,(H,18,19)(H2,20,21,22). The van der Waals surface area contributed by atoms with Gasteiger partial charge in [-0.15, -0.1) is 0 Å². The highest BCUT2D eigenvalue weighted by Crippen LogP contribution is 2.20. The molecule has 0 spiro atoms. The number of carbonyl (C=O) groups excluding carboxylic acids is 1. The number of nitrogens with zero attached hydrogens (tertiary/aromatic N) is 1. The van der Waals surface area contributed by atoms with Crippen LogP contribution in [0.2, 0.25) is 0 Å².